The van der Waals surface area contributed by atoms with Crippen molar-refractivity contribution in [1.82, 2.24) is 5.32 Å². The molecule has 2 N–H and O–H groups in total. The molecule has 0 bridgehead atoms. The number of carbonyl (C=O) groups is 1. The summed E-state index contributed by atoms with van der Waals surface area (Å²) in [6.07, 6.45) is 0. The number of anilines is 1. The van der Waals surface area contributed by atoms with E-state index in [1.807, 2.05) is 38.1 Å². The standard InChI is InChI=1S/C19H14BrN3O2S2/c1-10-11(2)27-18(14(10)9-21)23-19(26)22-17(24)16-8-7-15(25-16)12-3-5-13(20)6-4-12/h3-8H,1-2H3,(H2,22,23,24,26). The molecule has 27 heavy (non-hydrogen) atoms. The second-order valence-electron chi connectivity index (χ2n) is 5.68. The number of aryl methyl sites for hydroxylation is 1. The first kappa shape index (κ1) is 19.3. The lowest BCUT2D eigenvalue weighted by Gasteiger charge is -2.07. The molecule has 0 aliphatic heterocycles. The zero-order valence-electron chi connectivity index (χ0n) is 14.4. The molecule has 5 nitrogen and oxygen atoms in total. The Labute approximate surface area is 174 Å². The molecule has 0 spiro atoms. The highest BCUT2D eigenvalue weighted by Gasteiger charge is 2.17. The molecule has 0 atom stereocenters. The van der Waals surface area contributed by atoms with Crippen molar-refractivity contribution in [3.05, 3.63) is 62.6 Å². The fourth-order valence-corrected chi connectivity index (χ4v) is 3.92. The predicted molar refractivity (Wildman–Crippen MR) is 114 cm³/mol. The monoisotopic (exact) mass is 459 g/mol. The summed E-state index contributed by atoms with van der Waals surface area (Å²) in [5.74, 6) is 0.276. The Morgan fingerprint density at radius 3 is 2.59 bits per heavy atom. The maximum absolute atomic E-state index is 12.4. The van der Waals surface area contributed by atoms with Crippen LogP contribution in [0.2, 0.25) is 0 Å². The van der Waals surface area contributed by atoms with E-state index in [0.717, 1.165) is 20.5 Å². The Kier molecular flexibility index (Phi) is 5.75. The van der Waals surface area contributed by atoms with Crippen molar-refractivity contribution in [2.45, 2.75) is 13.8 Å². The van der Waals surface area contributed by atoms with Crippen molar-refractivity contribution in [3.8, 4) is 17.4 Å². The third-order valence-electron chi connectivity index (χ3n) is 3.91. The SMILES string of the molecule is Cc1sc(NC(=S)NC(=O)c2ccc(-c3ccc(Br)cc3)o2)c(C#N)c1C. The molecule has 2 heterocycles. The molecular weight excluding hydrogens is 446 g/mol. The summed E-state index contributed by atoms with van der Waals surface area (Å²) >= 11 is 10.00. The lowest BCUT2D eigenvalue weighted by atomic mass is 10.2. The van der Waals surface area contributed by atoms with Crippen LogP contribution in [0.3, 0.4) is 0 Å². The van der Waals surface area contributed by atoms with Gasteiger partial charge < -0.3 is 9.73 Å². The maximum atomic E-state index is 12.4. The zero-order chi connectivity index (χ0) is 19.6. The number of halogens is 1. The number of carbonyl (C=O) groups excluding carboxylic acids is 1. The maximum Gasteiger partial charge on any atom is 0.293 e. The van der Waals surface area contributed by atoms with Crippen molar-refractivity contribution in [2.75, 3.05) is 5.32 Å². The number of thiocarbonyl (C=S) groups is 1. The van der Waals surface area contributed by atoms with Crippen LogP contribution in [0, 0.1) is 25.2 Å². The third kappa shape index (κ3) is 4.27. The Morgan fingerprint density at radius 1 is 1.22 bits per heavy atom. The van der Waals surface area contributed by atoms with Crippen LogP contribution in [0.4, 0.5) is 5.00 Å². The molecule has 1 aromatic carbocycles. The van der Waals surface area contributed by atoms with Crippen molar-refractivity contribution in [1.29, 1.82) is 5.26 Å². The highest BCUT2D eigenvalue weighted by molar-refractivity contribution is 9.10. The van der Waals surface area contributed by atoms with E-state index in [4.69, 9.17) is 16.6 Å². The fraction of sp³-hybridized carbons (Fsp3) is 0.105. The Balaban J connectivity index is 1.69. The average Bonchev–Trinajstić information content (AvgIpc) is 3.21. The van der Waals surface area contributed by atoms with Crippen molar-refractivity contribution < 1.29 is 9.21 Å². The van der Waals surface area contributed by atoms with Gasteiger partial charge in [0.15, 0.2) is 10.9 Å². The summed E-state index contributed by atoms with van der Waals surface area (Å²) in [5, 5.41) is 15.5. The van der Waals surface area contributed by atoms with E-state index in [0.29, 0.717) is 16.3 Å². The number of amides is 1. The van der Waals surface area contributed by atoms with Crippen LogP contribution in [-0.4, -0.2) is 11.0 Å². The number of rotatable bonds is 3. The number of furan rings is 1. The molecule has 0 unspecified atom stereocenters. The minimum atomic E-state index is -0.459. The minimum absolute atomic E-state index is 0.111. The Bertz CT molecular complexity index is 1060. The second kappa shape index (κ2) is 8.05. The Hall–Kier alpha value is -2.47. The number of nitrogens with zero attached hydrogens (tertiary/aromatic N) is 1. The minimum Gasteiger partial charge on any atom is -0.451 e. The largest absolute Gasteiger partial charge is 0.451 e. The summed E-state index contributed by atoms with van der Waals surface area (Å²) in [5.41, 5.74) is 2.30. The van der Waals surface area contributed by atoms with Crippen LogP contribution in [0.1, 0.15) is 26.6 Å². The normalized spacial score (nSPS) is 10.3. The molecule has 0 aliphatic carbocycles. The first-order chi connectivity index (χ1) is 12.9. The summed E-state index contributed by atoms with van der Waals surface area (Å²) in [7, 11) is 0. The first-order valence-corrected chi connectivity index (χ1v) is 9.89. The molecule has 136 valence electrons. The zero-order valence-corrected chi connectivity index (χ0v) is 17.6. The number of benzene rings is 1. The fourth-order valence-electron chi connectivity index (χ4n) is 2.38. The van der Waals surface area contributed by atoms with E-state index in [-0.39, 0.29) is 10.9 Å². The van der Waals surface area contributed by atoms with Gasteiger partial charge in [-0.25, -0.2) is 0 Å². The topological polar surface area (TPSA) is 78.1 Å². The van der Waals surface area contributed by atoms with Crippen LogP contribution in [0.5, 0.6) is 0 Å². The molecule has 3 rings (SSSR count). The molecule has 2 aromatic heterocycles. The van der Waals surface area contributed by atoms with Crippen LogP contribution in [0.15, 0.2) is 45.3 Å². The average molecular weight is 460 g/mol. The quantitative estimate of drug-likeness (QED) is 0.513. The van der Waals surface area contributed by atoms with Crippen LogP contribution in [-0.2, 0) is 0 Å². The van der Waals surface area contributed by atoms with E-state index >= 15 is 0 Å². The number of hydrogen-bond acceptors (Lipinski definition) is 5. The summed E-state index contributed by atoms with van der Waals surface area (Å²) in [4.78, 5) is 13.4. The van der Waals surface area contributed by atoms with Crippen LogP contribution in [0.25, 0.3) is 11.3 Å². The third-order valence-corrected chi connectivity index (χ3v) is 5.77. The molecule has 8 heteroatoms. The summed E-state index contributed by atoms with van der Waals surface area (Å²) in [6.45, 7) is 3.81. The van der Waals surface area contributed by atoms with Gasteiger partial charge in [0.05, 0.1) is 5.56 Å². The number of nitriles is 1. The van der Waals surface area contributed by atoms with E-state index in [9.17, 15) is 10.1 Å². The van der Waals surface area contributed by atoms with Crippen molar-refractivity contribution in [3.63, 3.8) is 0 Å². The molecule has 0 aliphatic rings. The van der Waals surface area contributed by atoms with E-state index in [1.165, 1.54) is 11.3 Å². The Morgan fingerprint density at radius 2 is 1.93 bits per heavy atom. The molecule has 0 radical (unpaired) electrons. The molecule has 3 aromatic rings. The van der Waals surface area contributed by atoms with Gasteiger partial charge >= 0.3 is 0 Å². The molecule has 0 saturated heterocycles. The number of nitrogens with one attached hydrogen (secondary N) is 2. The lowest BCUT2D eigenvalue weighted by Crippen LogP contribution is -2.33. The smallest absolute Gasteiger partial charge is 0.293 e. The van der Waals surface area contributed by atoms with E-state index in [2.05, 4.69) is 32.6 Å². The summed E-state index contributed by atoms with van der Waals surface area (Å²) < 4.78 is 6.59. The molecular formula is C19H14BrN3O2S2. The number of thiophene rings is 1. The van der Waals surface area contributed by atoms with Crippen molar-refractivity contribution >= 4 is 55.5 Å². The van der Waals surface area contributed by atoms with Crippen LogP contribution < -0.4 is 10.6 Å². The van der Waals surface area contributed by atoms with Gasteiger partial charge in [0, 0.05) is 14.9 Å². The van der Waals surface area contributed by atoms with Gasteiger partial charge in [-0.3, -0.25) is 10.1 Å². The van der Waals surface area contributed by atoms with Gasteiger partial charge in [0.25, 0.3) is 5.91 Å². The van der Waals surface area contributed by atoms with Gasteiger partial charge in [0.1, 0.15) is 16.8 Å². The highest BCUT2D eigenvalue weighted by atomic mass is 79.9. The van der Waals surface area contributed by atoms with E-state index < -0.39 is 5.91 Å². The molecule has 1 amide bonds. The lowest BCUT2D eigenvalue weighted by molar-refractivity contribution is 0.0951. The molecule has 0 fully saturated rings. The van der Waals surface area contributed by atoms with Gasteiger partial charge in [0.2, 0.25) is 0 Å². The van der Waals surface area contributed by atoms with Gasteiger partial charge in [-0.05, 0) is 55.9 Å². The second-order valence-corrected chi connectivity index (χ2v) is 8.23. The molecule has 0 saturated carbocycles. The van der Waals surface area contributed by atoms with Crippen molar-refractivity contribution in [2.24, 2.45) is 0 Å². The van der Waals surface area contributed by atoms with Crippen LogP contribution >= 0.6 is 39.5 Å². The highest BCUT2D eigenvalue weighted by Crippen LogP contribution is 2.31. The van der Waals surface area contributed by atoms with Gasteiger partial charge in [-0.2, -0.15) is 5.26 Å². The number of hydrogen-bond donors (Lipinski definition) is 2. The summed E-state index contributed by atoms with van der Waals surface area (Å²) in [6, 6.07) is 13.1. The van der Waals surface area contributed by atoms with Gasteiger partial charge in [-0.15, -0.1) is 11.3 Å². The van der Waals surface area contributed by atoms with E-state index in [1.54, 1.807) is 12.1 Å². The predicted octanol–water partition coefficient (Wildman–Crippen LogP) is 5.39. The first-order valence-electron chi connectivity index (χ1n) is 7.87. The van der Waals surface area contributed by atoms with Gasteiger partial charge in [-0.1, -0.05) is 28.1 Å².